The first-order valence-corrected chi connectivity index (χ1v) is 8.55. The minimum absolute atomic E-state index is 0.344. The predicted octanol–water partition coefficient (Wildman–Crippen LogP) is 2.93. The molecule has 0 saturated heterocycles. The number of fused-ring (bicyclic) bond motifs is 1. The largest absolute Gasteiger partial charge is 0.384 e. The Bertz CT molecular complexity index is 1100. The van der Waals surface area contributed by atoms with Gasteiger partial charge in [-0.1, -0.05) is 12.1 Å². The van der Waals surface area contributed by atoms with Gasteiger partial charge in [-0.3, -0.25) is 4.57 Å². The van der Waals surface area contributed by atoms with Crippen molar-refractivity contribution in [2.75, 3.05) is 12.4 Å². The van der Waals surface area contributed by atoms with Gasteiger partial charge in [-0.25, -0.2) is 9.98 Å². The first kappa shape index (κ1) is 16.7. The Morgan fingerprint density at radius 1 is 1.15 bits per heavy atom. The van der Waals surface area contributed by atoms with Crippen molar-refractivity contribution in [1.82, 2.24) is 14.5 Å². The molecule has 134 valence electrons. The number of para-hydroxylation sites is 2. The molecule has 27 heavy (non-hydrogen) atoms. The van der Waals surface area contributed by atoms with E-state index in [0.717, 1.165) is 28.4 Å². The average Bonchev–Trinajstić information content (AvgIpc) is 3.00. The summed E-state index contributed by atoms with van der Waals surface area (Å²) in [4.78, 5) is 11.3. The number of aromatic nitrogens is 2. The van der Waals surface area contributed by atoms with Crippen molar-refractivity contribution in [1.29, 1.82) is 5.26 Å². The summed E-state index contributed by atoms with van der Waals surface area (Å²) in [6.07, 6.45) is 1.45. The van der Waals surface area contributed by atoms with Crippen molar-refractivity contribution < 1.29 is 0 Å². The van der Waals surface area contributed by atoms with E-state index >= 15 is 0 Å². The number of imidazole rings is 1. The molecule has 0 bridgehead atoms. The number of nitriles is 1. The summed E-state index contributed by atoms with van der Waals surface area (Å²) in [5.41, 5.74) is 9.52. The Hall–Kier alpha value is -3.79. The molecule has 1 aromatic heterocycles. The highest BCUT2D eigenvalue weighted by molar-refractivity contribution is 5.93. The van der Waals surface area contributed by atoms with Gasteiger partial charge < -0.3 is 16.0 Å². The molecular formula is C20H19N7. The molecule has 7 heteroatoms. The molecule has 2 aromatic carbocycles. The third kappa shape index (κ3) is 2.98. The highest BCUT2D eigenvalue weighted by Crippen LogP contribution is 2.28. The Morgan fingerprint density at radius 3 is 2.63 bits per heavy atom. The molecule has 7 nitrogen and oxygen atoms in total. The molecule has 0 aliphatic carbocycles. The van der Waals surface area contributed by atoms with E-state index in [4.69, 9.17) is 11.0 Å². The van der Waals surface area contributed by atoms with Crippen LogP contribution in [-0.2, 0) is 0 Å². The van der Waals surface area contributed by atoms with Crippen LogP contribution >= 0.6 is 0 Å². The van der Waals surface area contributed by atoms with Gasteiger partial charge in [0.2, 0.25) is 6.29 Å². The quantitative estimate of drug-likeness (QED) is 0.751. The third-order valence-corrected chi connectivity index (χ3v) is 4.57. The van der Waals surface area contributed by atoms with Crippen molar-refractivity contribution >= 4 is 22.6 Å². The molecular weight excluding hydrogens is 338 g/mol. The maximum atomic E-state index is 8.95. The molecule has 0 radical (unpaired) electrons. The summed E-state index contributed by atoms with van der Waals surface area (Å²) < 4.78 is 2.07. The van der Waals surface area contributed by atoms with Crippen LogP contribution in [-0.4, -0.2) is 27.3 Å². The molecule has 3 aromatic rings. The zero-order valence-corrected chi connectivity index (χ0v) is 15.1. The second kappa shape index (κ2) is 6.50. The molecule has 1 atom stereocenters. The predicted molar refractivity (Wildman–Crippen MR) is 106 cm³/mol. The molecule has 0 amide bonds. The molecule has 1 unspecified atom stereocenters. The van der Waals surface area contributed by atoms with Crippen molar-refractivity contribution in [2.24, 2.45) is 10.7 Å². The Labute approximate surface area is 157 Å². The number of nitrogens with one attached hydrogen (secondary N) is 1. The normalized spacial score (nSPS) is 16.6. The summed E-state index contributed by atoms with van der Waals surface area (Å²) >= 11 is 0. The number of aliphatic imine (C=N–C) groups is 1. The SMILES string of the molecule is Cc1nc2ccccc2n1C1N=C(N)C=C(Nc2ccc(C#N)cc2)N1C. The Morgan fingerprint density at radius 2 is 1.89 bits per heavy atom. The molecule has 1 aliphatic heterocycles. The first-order valence-electron chi connectivity index (χ1n) is 8.55. The van der Waals surface area contributed by atoms with E-state index in [-0.39, 0.29) is 6.29 Å². The minimum atomic E-state index is -0.344. The number of rotatable bonds is 3. The topological polar surface area (TPSA) is 95.3 Å². The highest BCUT2D eigenvalue weighted by atomic mass is 15.4. The van der Waals surface area contributed by atoms with Crippen LogP contribution < -0.4 is 11.1 Å². The fraction of sp³-hybridized carbons (Fsp3) is 0.150. The van der Waals surface area contributed by atoms with Crippen LogP contribution in [0, 0.1) is 18.3 Å². The smallest absolute Gasteiger partial charge is 0.207 e. The van der Waals surface area contributed by atoms with Gasteiger partial charge >= 0.3 is 0 Å². The van der Waals surface area contributed by atoms with Crippen LogP contribution in [0.4, 0.5) is 5.69 Å². The van der Waals surface area contributed by atoms with Crippen molar-refractivity contribution in [3.8, 4) is 6.07 Å². The maximum absolute atomic E-state index is 8.95. The second-order valence-electron chi connectivity index (χ2n) is 6.37. The zero-order chi connectivity index (χ0) is 19.0. The number of anilines is 1. The monoisotopic (exact) mass is 357 g/mol. The van der Waals surface area contributed by atoms with Gasteiger partial charge in [0.1, 0.15) is 17.5 Å². The van der Waals surface area contributed by atoms with Gasteiger partial charge in [0, 0.05) is 18.8 Å². The van der Waals surface area contributed by atoms with Crippen molar-refractivity contribution in [3.63, 3.8) is 0 Å². The third-order valence-electron chi connectivity index (χ3n) is 4.57. The lowest BCUT2D eigenvalue weighted by molar-refractivity contribution is 0.236. The van der Waals surface area contributed by atoms with Crippen LogP contribution in [0.25, 0.3) is 11.0 Å². The average molecular weight is 357 g/mol. The van der Waals surface area contributed by atoms with E-state index < -0.39 is 0 Å². The molecule has 0 saturated carbocycles. The fourth-order valence-electron chi connectivity index (χ4n) is 3.21. The summed E-state index contributed by atoms with van der Waals surface area (Å²) in [7, 11) is 1.96. The van der Waals surface area contributed by atoms with Crippen LogP contribution in [0.15, 0.2) is 65.4 Å². The van der Waals surface area contributed by atoms with Crippen LogP contribution in [0.5, 0.6) is 0 Å². The number of amidine groups is 1. The van der Waals surface area contributed by atoms with E-state index in [1.165, 1.54) is 0 Å². The van der Waals surface area contributed by atoms with E-state index in [2.05, 4.69) is 25.9 Å². The van der Waals surface area contributed by atoms with Crippen LogP contribution in [0.1, 0.15) is 17.7 Å². The highest BCUT2D eigenvalue weighted by Gasteiger charge is 2.25. The number of hydrogen-bond acceptors (Lipinski definition) is 6. The lowest BCUT2D eigenvalue weighted by Gasteiger charge is -2.34. The van der Waals surface area contributed by atoms with E-state index in [9.17, 15) is 0 Å². The van der Waals surface area contributed by atoms with Gasteiger partial charge in [-0.15, -0.1) is 0 Å². The number of nitrogens with zero attached hydrogens (tertiary/aromatic N) is 5. The minimum Gasteiger partial charge on any atom is -0.384 e. The van der Waals surface area contributed by atoms with Gasteiger partial charge in [0.15, 0.2) is 0 Å². The summed E-state index contributed by atoms with van der Waals surface area (Å²) in [6.45, 7) is 1.96. The lowest BCUT2D eigenvalue weighted by atomic mass is 10.2. The van der Waals surface area contributed by atoms with Gasteiger partial charge in [-0.2, -0.15) is 5.26 Å². The molecule has 3 N–H and O–H groups in total. The second-order valence-corrected chi connectivity index (χ2v) is 6.37. The molecule has 0 fully saturated rings. The molecule has 1 aliphatic rings. The number of aryl methyl sites for hydroxylation is 1. The summed E-state index contributed by atoms with van der Waals surface area (Å²) in [5.74, 6) is 2.12. The van der Waals surface area contributed by atoms with Crippen LogP contribution in [0.2, 0.25) is 0 Å². The van der Waals surface area contributed by atoms with E-state index in [1.54, 1.807) is 18.2 Å². The number of hydrogen-bond donors (Lipinski definition) is 2. The van der Waals surface area contributed by atoms with Crippen LogP contribution in [0.3, 0.4) is 0 Å². The number of benzene rings is 2. The van der Waals surface area contributed by atoms with Crippen molar-refractivity contribution in [3.05, 3.63) is 71.8 Å². The molecule has 4 rings (SSSR count). The van der Waals surface area contributed by atoms with E-state index in [1.807, 2.05) is 55.3 Å². The molecule has 2 heterocycles. The lowest BCUT2D eigenvalue weighted by Crippen LogP contribution is -2.36. The van der Waals surface area contributed by atoms with Gasteiger partial charge in [0.25, 0.3) is 0 Å². The first-order chi connectivity index (χ1) is 13.1. The Kier molecular flexibility index (Phi) is 4.01. The summed E-state index contributed by atoms with van der Waals surface area (Å²) in [5, 5.41) is 12.3. The Balaban J connectivity index is 1.69. The maximum Gasteiger partial charge on any atom is 0.207 e. The van der Waals surface area contributed by atoms with Gasteiger partial charge in [0.05, 0.1) is 22.7 Å². The fourth-order valence-corrected chi connectivity index (χ4v) is 3.21. The molecule has 0 spiro atoms. The standard InChI is InChI=1S/C20H19N7/c1-13-23-16-5-3-4-6-17(16)27(13)20-25-18(22)11-19(26(20)2)24-15-9-7-14(12-21)8-10-15/h3-11,20,24H,1-2H3,(H2,22,25). The van der Waals surface area contributed by atoms with Crippen molar-refractivity contribution in [2.45, 2.75) is 13.2 Å². The number of nitrogens with two attached hydrogens (primary N) is 1. The summed E-state index contributed by atoms with van der Waals surface area (Å²) in [6, 6.07) is 17.4. The zero-order valence-electron chi connectivity index (χ0n) is 15.1. The van der Waals surface area contributed by atoms with Gasteiger partial charge in [-0.05, 0) is 43.3 Å². The van der Waals surface area contributed by atoms with E-state index in [0.29, 0.717) is 11.4 Å².